The number of piperidine rings is 1. The summed E-state index contributed by atoms with van der Waals surface area (Å²) in [6.07, 6.45) is -0.828. The van der Waals surface area contributed by atoms with Crippen molar-refractivity contribution in [3.63, 3.8) is 0 Å². The molecule has 0 saturated carbocycles. The highest BCUT2D eigenvalue weighted by Gasteiger charge is 2.30. The first kappa shape index (κ1) is 28.9. The third-order valence-electron chi connectivity index (χ3n) is 8.16. The summed E-state index contributed by atoms with van der Waals surface area (Å²) in [5.74, 6) is 2.45. The number of ether oxygens (including phenoxy) is 2. The van der Waals surface area contributed by atoms with Gasteiger partial charge in [-0.2, -0.15) is 23.1 Å². The van der Waals surface area contributed by atoms with Crippen LogP contribution in [-0.2, 0) is 25.8 Å². The number of fused-ring (bicyclic) bond motifs is 2. The fraction of sp³-hybridized carbons (Fsp3) is 0.303. The van der Waals surface area contributed by atoms with Crippen molar-refractivity contribution in [1.29, 1.82) is 0 Å². The van der Waals surface area contributed by atoms with E-state index in [9.17, 15) is 13.2 Å². The largest absolute Gasteiger partial charge is 0.454 e. The van der Waals surface area contributed by atoms with Gasteiger partial charge in [0, 0.05) is 32.2 Å². The number of nitrogens with one attached hydrogen (secondary N) is 2. The van der Waals surface area contributed by atoms with Crippen LogP contribution in [0, 0.1) is 0 Å². The highest BCUT2D eigenvalue weighted by Crippen LogP contribution is 2.33. The van der Waals surface area contributed by atoms with Gasteiger partial charge >= 0.3 is 6.18 Å². The standard InChI is InChI=1S/C33H32F3N7O2/c34-33(35,36)25-9-6-23(7-10-25)19-43-20-38-29-30(39-26-12-14-42(15-13-26)18-22-4-2-1-3-5-22)40-32(41-31(29)43)37-17-24-8-11-27-28(16-24)45-21-44-27/h1-11,16,20,26H,12-15,17-19,21H2,(H2,37,39,40,41). The van der Waals surface area contributed by atoms with Crippen molar-refractivity contribution in [3.05, 3.63) is 101 Å². The zero-order valence-electron chi connectivity index (χ0n) is 24.4. The normalized spacial score (nSPS) is 15.4. The molecule has 12 heteroatoms. The van der Waals surface area contributed by atoms with Crippen LogP contribution in [0.15, 0.2) is 79.1 Å². The maximum absolute atomic E-state index is 13.1. The van der Waals surface area contributed by atoms with E-state index >= 15 is 0 Å². The second-order valence-corrected chi connectivity index (χ2v) is 11.4. The number of hydrogen-bond donors (Lipinski definition) is 2. The number of hydrogen-bond acceptors (Lipinski definition) is 8. The van der Waals surface area contributed by atoms with Gasteiger partial charge in [-0.3, -0.25) is 4.90 Å². The van der Waals surface area contributed by atoms with Crippen LogP contribution >= 0.6 is 0 Å². The summed E-state index contributed by atoms with van der Waals surface area (Å²) in [7, 11) is 0. The Hall–Kier alpha value is -4.84. The van der Waals surface area contributed by atoms with Crippen LogP contribution in [0.4, 0.5) is 24.9 Å². The summed E-state index contributed by atoms with van der Waals surface area (Å²) in [6, 6.07) is 21.6. The molecule has 1 fully saturated rings. The molecular formula is C33H32F3N7O2. The molecule has 9 nitrogen and oxygen atoms in total. The smallest absolute Gasteiger partial charge is 0.416 e. The minimum absolute atomic E-state index is 0.203. The van der Waals surface area contributed by atoms with Crippen molar-refractivity contribution in [3.8, 4) is 11.5 Å². The van der Waals surface area contributed by atoms with Crippen LogP contribution in [0.3, 0.4) is 0 Å². The van der Waals surface area contributed by atoms with Crippen molar-refractivity contribution in [2.45, 2.75) is 44.7 Å². The second-order valence-electron chi connectivity index (χ2n) is 11.4. The number of halogens is 3. The number of imidazole rings is 1. The van der Waals surface area contributed by atoms with E-state index in [0.717, 1.165) is 50.2 Å². The van der Waals surface area contributed by atoms with Crippen molar-refractivity contribution in [2.24, 2.45) is 0 Å². The topological polar surface area (TPSA) is 89.4 Å². The van der Waals surface area contributed by atoms with Crippen molar-refractivity contribution in [1.82, 2.24) is 24.4 Å². The van der Waals surface area contributed by atoms with Crippen molar-refractivity contribution >= 4 is 22.9 Å². The van der Waals surface area contributed by atoms with Crippen LogP contribution in [0.1, 0.15) is 35.1 Å². The van der Waals surface area contributed by atoms with Gasteiger partial charge < -0.3 is 24.7 Å². The summed E-state index contributed by atoms with van der Waals surface area (Å²) in [4.78, 5) is 16.7. The molecule has 2 N–H and O–H groups in total. The summed E-state index contributed by atoms with van der Waals surface area (Å²) >= 11 is 0. The first-order valence-corrected chi connectivity index (χ1v) is 14.9. The molecule has 7 rings (SSSR count). The molecule has 2 aromatic heterocycles. The molecule has 0 amide bonds. The predicted molar refractivity (Wildman–Crippen MR) is 164 cm³/mol. The molecule has 232 valence electrons. The Kier molecular flexibility index (Phi) is 7.88. The predicted octanol–water partition coefficient (Wildman–Crippen LogP) is 6.31. The lowest BCUT2D eigenvalue weighted by Crippen LogP contribution is -2.38. The monoisotopic (exact) mass is 615 g/mol. The Morgan fingerprint density at radius 1 is 0.822 bits per heavy atom. The minimum Gasteiger partial charge on any atom is -0.454 e. The molecule has 0 aliphatic carbocycles. The fourth-order valence-electron chi connectivity index (χ4n) is 5.74. The maximum Gasteiger partial charge on any atom is 0.416 e. The summed E-state index contributed by atoms with van der Waals surface area (Å²) < 4.78 is 52.1. The second kappa shape index (κ2) is 12.3. The maximum atomic E-state index is 13.1. The average molecular weight is 616 g/mol. The van der Waals surface area contributed by atoms with E-state index in [2.05, 4.69) is 44.8 Å². The zero-order valence-corrected chi connectivity index (χ0v) is 24.4. The highest BCUT2D eigenvalue weighted by atomic mass is 19.4. The van der Waals surface area contributed by atoms with Crippen LogP contribution in [0.25, 0.3) is 11.2 Å². The van der Waals surface area contributed by atoms with E-state index in [1.165, 1.54) is 17.7 Å². The molecule has 5 aromatic rings. The van der Waals surface area contributed by atoms with Gasteiger partial charge in [0.15, 0.2) is 28.5 Å². The Morgan fingerprint density at radius 2 is 1.56 bits per heavy atom. The van der Waals surface area contributed by atoms with Gasteiger partial charge in [-0.15, -0.1) is 0 Å². The van der Waals surface area contributed by atoms with Gasteiger partial charge in [0.25, 0.3) is 0 Å². The molecule has 0 atom stereocenters. The molecule has 0 spiro atoms. The van der Waals surface area contributed by atoms with Gasteiger partial charge in [0.2, 0.25) is 12.7 Å². The van der Waals surface area contributed by atoms with E-state index < -0.39 is 11.7 Å². The van der Waals surface area contributed by atoms with Crippen LogP contribution < -0.4 is 20.1 Å². The van der Waals surface area contributed by atoms with E-state index in [1.807, 2.05) is 28.8 Å². The van der Waals surface area contributed by atoms with E-state index in [1.54, 1.807) is 6.33 Å². The Morgan fingerprint density at radius 3 is 2.33 bits per heavy atom. The fourth-order valence-corrected chi connectivity index (χ4v) is 5.74. The number of anilines is 2. The average Bonchev–Trinajstić information content (AvgIpc) is 3.68. The molecule has 2 aliphatic rings. The number of aromatic nitrogens is 4. The molecular weight excluding hydrogens is 583 g/mol. The SMILES string of the molecule is FC(F)(F)c1ccc(Cn2cnc3c(NC4CCN(Cc5ccccc5)CC4)nc(NCc4ccc5c(c4)OCO5)nc32)cc1. The Bertz CT molecular complexity index is 1770. The third kappa shape index (κ3) is 6.65. The highest BCUT2D eigenvalue weighted by molar-refractivity contribution is 5.84. The van der Waals surface area contributed by atoms with Gasteiger partial charge in [-0.05, 0) is 53.8 Å². The zero-order chi connectivity index (χ0) is 30.8. The lowest BCUT2D eigenvalue weighted by Gasteiger charge is -2.32. The summed E-state index contributed by atoms with van der Waals surface area (Å²) in [5, 5.41) is 6.96. The molecule has 45 heavy (non-hydrogen) atoms. The number of likely N-dealkylation sites (tertiary alicyclic amines) is 1. The van der Waals surface area contributed by atoms with E-state index in [4.69, 9.17) is 19.4 Å². The first-order chi connectivity index (χ1) is 21.9. The third-order valence-corrected chi connectivity index (χ3v) is 8.16. The molecule has 2 aliphatic heterocycles. The van der Waals surface area contributed by atoms with E-state index in [0.29, 0.717) is 53.1 Å². The summed E-state index contributed by atoms with van der Waals surface area (Å²) in [5.41, 5.74) is 3.50. The quantitative estimate of drug-likeness (QED) is 0.200. The van der Waals surface area contributed by atoms with Gasteiger partial charge in [0.05, 0.1) is 18.4 Å². The Labute approximate surface area is 258 Å². The van der Waals surface area contributed by atoms with E-state index in [-0.39, 0.29) is 12.8 Å². The number of alkyl halides is 3. The lowest BCUT2D eigenvalue weighted by atomic mass is 10.0. The molecule has 4 heterocycles. The molecule has 1 saturated heterocycles. The number of rotatable bonds is 9. The minimum atomic E-state index is -4.38. The van der Waals surface area contributed by atoms with Gasteiger partial charge in [-0.25, -0.2) is 4.98 Å². The van der Waals surface area contributed by atoms with Crippen LogP contribution in [0.5, 0.6) is 11.5 Å². The number of nitrogens with zero attached hydrogens (tertiary/aromatic N) is 5. The molecule has 0 bridgehead atoms. The molecule has 0 unspecified atom stereocenters. The van der Waals surface area contributed by atoms with Crippen molar-refractivity contribution in [2.75, 3.05) is 30.5 Å². The Balaban J connectivity index is 1.11. The van der Waals surface area contributed by atoms with Crippen LogP contribution in [0.2, 0.25) is 0 Å². The first-order valence-electron chi connectivity index (χ1n) is 14.9. The summed E-state index contributed by atoms with van der Waals surface area (Å²) in [6.45, 7) is 3.80. The van der Waals surface area contributed by atoms with Gasteiger partial charge in [-0.1, -0.05) is 48.5 Å². The lowest BCUT2D eigenvalue weighted by molar-refractivity contribution is -0.137. The molecule has 0 radical (unpaired) electrons. The number of benzene rings is 3. The van der Waals surface area contributed by atoms with Crippen molar-refractivity contribution < 1.29 is 22.6 Å². The van der Waals surface area contributed by atoms with Crippen LogP contribution in [-0.4, -0.2) is 50.3 Å². The molecule has 3 aromatic carbocycles. The van der Waals surface area contributed by atoms with Gasteiger partial charge in [0.1, 0.15) is 0 Å².